The quantitative estimate of drug-likeness (QED) is 0.271. The Morgan fingerprint density at radius 1 is 1.06 bits per heavy atom. The highest BCUT2D eigenvalue weighted by atomic mass is 32.2. The molecule has 36 heavy (non-hydrogen) atoms. The van der Waals surface area contributed by atoms with Crippen molar-refractivity contribution in [3.8, 4) is 11.3 Å². The molecule has 1 aliphatic carbocycles. The van der Waals surface area contributed by atoms with E-state index in [-0.39, 0.29) is 29.7 Å². The van der Waals surface area contributed by atoms with E-state index in [1.54, 1.807) is 24.7 Å². The first kappa shape index (κ1) is 24.5. The maximum atomic E-state index is 14.5. The summed E-state index contributed by atoms with van der Waals surface area (Å²) in [6.07, 6.45) is 7.10. The molecule has 2 aromatic carbocycles. The zero-order valence-corrected chi connectivity index (χ0v) is 20.2. The van der Waals surface area contributed by atoms with Crippen LogP contribution in [0.15, 0.2) is 55.1 Å². The minimum atomic E-state index is -3.63. The molecule has 0 unspecified atom stereocenters. The molecule has 0 amide bonds. The maximum Gasteiger partial charge on any atom is 0.276 e. The molecule has 4 aromatic rings. The van der Waals surface area contributed by atoms with Gasteiger partial charge in [0, 0.05) is 43.5 Å². The van der Waals surface area contributed by atoms with Crippen LogP contribution in [0.25, 0.3) is 22.2 Å². The first-order chi connectivity index (χ1) is 17.3. The zero-order valence-electron chi connectivity index (χ0n) is 19.3. The summed E-state index contributed by atoms with van der Waals surface area (Å²) in [5.41, 5.74) is 2.27. The highest BCUT2D eigenvalue weighted by molar-refractivity contribution is 7.87. The van der Waals surface area contributed by atoms with Gasteiger partial charge in [0.2, 0.25) is 0 Å². The van der Waals surface area contributed by atoms with Gasteiger partial charge in [0.25, 0.3) is 10.2 Å². The third kappa shape index (κ3) is 5.32. The first-order valence-corrected chi connectivity index (χ1v) is 13.2. The van der Waals surface area contributed by atoms with Crippen molar-refractivity contribution in [2.24, 2.45) is 5.92 Å². The van der Waals surface area contributed by atoms with Crippen molar-refractivity contribution in [2.45, 2.75) is 31.7 Å². The van der Waals surface area contributed by atoms with Crippen LogP contribution in [0.3, 0.4) is 0 Å². The number of nitrogens with one attached hydrogen (secondary N) is 3. The van der Waals surface area contributed by atoms with E-state index in [2.05, 4.69) is 19.4 Å². The van der Waals surface area contributed by atoms with Gasteiger partial charge in [-0.15, -0.1) is 0 Å². The third-order valence-corrected chi connectivity index (χ3v) is 7.78. The lowest BCUT2D eigenvalue weighted by Crippen LogP contribution is -2.42. The first-order valence-electron chi connectivity index (χ1n) is 11.8. The van der Waals surface area contributed by atoms with E-state index in [9.17, 15) is 21.6 Å². The zero-order chi connectivity index (χ0) is 25.3. The molecule has 0 bridgehead atoms. The number of aromatic nitrogens is 3. The Kier molecular flexibility index (Phi) is 6.87. The van der Waals surface area contributed by atoms with E-state index in [1.807, 2.05) is 10.8 Å². The van der Waals surface area contributed by atoms with Crippen LogP contribution in [0.2, 0.25) is 0 Å². The van der Waals surface area contributed by atoms with Crippen LogP contribution < -0.4 is 9.44 Å². The molecule has 7 nitrogen and oxygen atoms in total. The van der Waals surface area contributed by atoms with Gasteiger partial charge in [-0.2, -0.15) is 8.42 Å². The van der Waals surface area contributed by atoms with E-state index >= 15 is 0 Å². The number of imidazole rings is 1. The van der Waals surface area contributed by atoms with Gasteiger partial charge >= 0.3 is 0 Å². The number of halogens is 3. The lowest BCUT2D eigenvalue weighted by Gasteiger charge is -2.36. The Bertz CT molecular complexity index is 1450. The summed E-state index contributed by atoms with van der Waals surface area (Å²) in [7, 11) is -3.63. The van der Waals surface area contributed by atoms with Gasteiger partial charge in [-0.05, 0) is 72.6 Å². The average Bonchev–Trinajstić information content (AvgIpc) is 3.45. The Morgan fingerprint density at radius 3 is 2.56 bits per heavy atom. The minimum Gasteiger partial charge on any atom is -0.352 e. The predicted molar refractivity (Wildman–Crippen MR) is 131 cm³/mol. The monoisotopic (exact) mass is 517 g/mol. The number of aromatic amines is 1. The highest BCUT2D eigenvalue weighted by Gasteiger charge is 2.35. The minimum absolute atomic E-state index is 0.0161. The lowest BCUT2D eigenvalue weighted by molar-refractivity contribution is 0.267. The summed E-state index contributed by atoms with van der Waals surface area (Å²) >= 11 is 0. The number of H-pyrrole nitrogens is 1. The summed E-state index contributed by atoms with van der Waals surface area (Å²) in [4.78, 5) is 7.01. The molecule has 1 saturated carbocycles. The van der Waals surface area contributed by atoms with Gasteiger partial charge in [0.05, 0.1) is 17.5 Å². The molecule has 2 heterocycles. The summed E-state index contributed by atoms with van der Waals surface area (Å²) < 4.78 is 73.7. The van der Waals surface area contributed by atoms with Crippen molar-refractivity contribution in [3.05, 3.63) is 78.1 Å². The smallest absolute Gasteiger partial charge is 0.276 e. The molecule has 2 aromatic heterocycles. The van der Waals surface area contributed by atoms with E-state index in [0.717, 1.165) is 11.6 Å². The molecular formula is C25H26F3N5O2S. The molecule has 5 rings (SSSR count). The molecular weight excluding hydrogens is 491 g/mol. The van der Waals surface area contributed by atoms with Crippen molar-refractivity contribution in [1.82, 2.24) is 24.0 Å². The van der Waals surface area contributed by atoms with E-state index < -0.39 is 21.8 Å². The second-order valence-corrected chi connectivity index (χ2v) is 10.7. The number of benzene rings is 2. The van der Waals surface area contributed by atoms with E-state index in [0.29, 0.717) is 49.0 Å². The van der Waals surface area contributed by atoms with Crippen molar-refractivity contribution in [3.63, 3.8) is 0 Å². The Hall–Kier alpha value is -3.15. The van der Waals surface area contributed by atoms with Gasteiger partial charge in [-0.1, -0.05) is 0 Å². The normalized spacial score (nSPS) is 18.0. The van der Waals surface area contributed by atoms with Gasteiger partial charge in [-0.25, -0.2) is 27.6 Å². The van der Waals surface area contributed by atoms with E-state index in [4.69, 9.17) is 0 Å². The van der Waals surface area contributed by atoms with Crippen molar-refractivity contribution in [2.75, 3.05) is 13.1 Å². The van der Waals surface area contributed by atoms with Gasteiger partial charge in [-0.3, -0.25) is 0 Å². The van der Waals surface area contributed by atoms with Crippen molar-refractivity contribution >= 4 is 21.1 Å². The van der Waals surface area contributed by atoms with Crippen LogP contribution in [0.4, 0.5) is 13.2 Å². The standard InChI is InChI=1S/C25H26F3N5O2S/c26-19-4-2-17(3-5-19)24-23(21-12-20(27)13-22(28)25(21)32-24)18-10-16(11-18)14-31-36(34,35)30-6-1-8-33-9-7-29-15-33/h2-5,7,9,12-13,15-16,18,30-32H,1,6,8,10-11,14H2/t16-,18-. The summed E-state index contributed by atoms with van der Waals surface area (Å²) in [5.74, 6) is -1.68. The topological polar surface area (TPSA) is 91.8 Å². The largest absolute Gasteiger partial charge is 0.352 e. The number of fused-ring (bicyclic) bond motifs is 1. The van der Waals surface area contributed by atoms with Crippen LogP contribution in [0, 0.1) is 23.4 Å². The van der Waals surface area contributed by atoms with Gasteiger partial charge < -0.3 is 9.55 Å². The Morgan fingerprint density at radius 2 is 1.83 bits per heavy atom. The molecule has 0 radical (unpaired) electrons. The fraction of sp³-hybridized carbons (Fsp3) is 0.320. The Labute approximate surface area is 206 Å². The molecule has 0 saturated heterocycles. The summed E-state index contributed by atoms with van der Waals surface area (Å²) in [6, 6.07) is 7.98. The van der Waals surface area contributed by atoms with Crippen molar-refractivity contribution in [1.29, 1.82) is 0 Å². The molecule has 0 atom stereocenters. The fourth-order valence-electron chi connectivity index (χ4n) is 4.81. The molecule has 11 heteroatoms. The van der Waals surface area contributed by atoms with Crippen LogP contribution >= 0.6 is 0 Å². The predicted octanol–water partition coefficient (Wildman–Crippen LogP) is 4.46. The number of hydrogen-bond acceptors (Lipinski definition) is 3. The van der Waals surface area contributed by atoms with Crippen LogP contribution in [-0.4, -0.2) is 36.0 Å². The van der Waals surface area contributed by atoms with Gasteiger partial charge in [0.15, 0.2) is 0 Å². The van der Waals surface area contributed by atoms with E-state index in [1.165, 1.54) is 18.2 Å². The Balaban J connectivity index is 1.23. The third-order valence-electron chi connectivity index (χ3n) is 6.65. The fourth-order valence-corrected chi connectivity index (χ4v) is 5.78. The van der Waals surface area contributed by atoms with Crippen LogP contribution in [0.5, 0.6) is 0 Å². The number of aryl methyl sites for hydroxylation is 1. The average molecular weight is 518 g/mol. The lowest BCUT2D eigenvalue weighted by atomic mass is 9.70. The highest BCUT2D eigenvalue weighted by Crippen LogP contribution is 2.48. The number of rotatable bonds is 10. The number of nitrogens with zero attached hydrogens (tertiary/aromatic N) is 2. The van der Waals surface area contributed by atoms with Crippen molar-refractivity contribution < 1.29 is 21.6 Å². The molecule has 0 aliphatic heterocycles. The second-order valence-electron chi connectivity index (χ2n) is 9.17. The van der Waals surface area contributed by atoms with Crippen LogP contribution in [-0.2, 0) is 16.8 Å². The molecule has 1 fully saturated rings. The number of hydrogen-bond donors (Lipinski definition) is 3. The van der Waals surface area contributed by atoms with Crippen LogP contribution in [0.1, 0.15) is 30.7 Å². The van der Waals surface area contributed by atoms with Gasteiger partial charge in [0.1, 0.15) is 17.5 Å². The second kappa shape index (κ2) is 10.1. The SMILES string of the molecule is O=S(=O)(NCCCn1ccnc1)NC[C@H]1C[C@H](c2c(-c3ccc(F)cc3)[nH]c3c(F)cc(F)cc32)C1. The maximum absolute atomic E-state index is 14.5. The molecule has 190 valence electrons. The molecule has 1 aliphatic rings. The summed E-state index contributed by atoms with van der Waals surface area (Å²) in [5, 5.41) is 0.454. The molecule has 0 spiro atoms. The summed E-state index contributed by atoms with van der Waals surface area (Å²) in [6.45, 7) is 1.23. The molecule has 3 N–H and O–H groups in total.